The van der Waals surface area contributed by atoms with E-state index in [1.807, 2.05) is 0 Å². The molecule has 0 aliphatic carbocycles. The van der Waals surface area contributed by atoms with Crippen LogP contribution in [0.3, 0.4) is 0 Å². The molecule has 3 unspecified atom stereocenters. The summed E-state index contributed by atoms with van der Waals surface area (Å²) in [6, 6.07) is 0. The lowest BCUT2D eigenvalue weighted by Crippen LogP contribution is -2.30. The van der Waals surface area contributed by atoms with Crippen molar-refractivity contribution in [1.29, 1.82) is 0 Å². The summed E-state index contributed by atoms with van der Waals surface area (Å²) >= 11 is 0. The summed E-state index contributed by atoms with van der Waals surface area (Å²) in [4.78, 5) is 52.8. The highest BCUT2D eigenvalue weighted by atomic mass is 31.2. The van der Waals surface area contributed by atoms with E-state index in [0.29, 0.717) is 25.0 Å². The van der Waals surface area contributed by atoms with Gasteiger partial charge in [-0.2, -0.15) is 0 Å². The predicted octanol–water partition coefficient (Wildman–Crippen LogP) is 10.8. The Hall–Kier alpha value is -2.48. The first-order valence-corrected chi connectivity index (χ1v) is 25.8. The van der Waals surface area contributed by atoms with Crippen LogP contribution in [-0.2, 0) is 46.5 Å². The fraction of sp³-hybridized carbons (Fsp3) is 0.696. The Morgan fingerprint density at radius 1 is 0.581 bits per heavy atom. The summed E-state index contributed by atoms with van der Waals surface area (Å²) in [5, 5.41) is 9.76. The second kappa shape index (κ2) is 37.9. The highest BCUT2D eigenvalue weighted by molar-refractivity contribution is 7.47. The molecule has 1 heterocycles. The fourth-order valence-electron chi connectivity index (χ4n) is 5.97. The molecule has 5 atom stereocenters. The molecule has 1 saturated heterocycles. The third kappa shape index (κ3) is 38.0. The number of epoxide rings is 1. The minimum absolute atomic E-state index is 0.0822. The molecule has 356 valence electrons. The van der Waals surface area contributed by atoms with Gasteiger partial charge in [0.2, 0.25) is 0 Å². The molecule has 1 fully saturated rings. The van der Waals surface area contributed by atoms with Crippen molar-refractivity contribution >= 4 is 27.6 Å². The van der Waals surface area contributed by atoms with Gasteiger partial charge in [0.1, 0.15) is 12.7 Å². The number of aliphatic hydroxyl groups excluding tert-OH is 1. The van der Waals surface area contributed by atoms with Gasteiger partial charge in [0, 0.05) is 12.8 Å². The molecular formula is C46H78O14P2. The van der Waals surface area contributed by atoms with Crippen LogP contribution in [0, 0.1) is 0 Å². The van der Waals surface area contributed by atoms with Crippen molar-refractivity contribution in [3.05, 3.63) is 72.9 Å². The molecule has 1 rings (SSSR count). The van der Waals surface area contributed by atoms with Gasteiger partial charge < -0.3 is 34.0 Å². The Labute approximate surface area is 371 Å². The maximum absolute atomic E-state index is 12.7. The minimum atomic E-state index is -4.87. The van der Waals surface area contributed by atoms with Crippen LogP contribution in [0.25, 0.3) is 0 Å². The van der Waals surface area contributed by atoms with Gasteiger partial charge in [0.15, 0.2) is 6.10 Å². The van der Waals surface area contributed by atoms with Crippen LogP contribution in [0.1, 0.15) is 155 Å². The van der Waals surface area contributed by atoms with E-state index in [0.717, 1.165) is 96.3 Å². The summed E-state index contributed by atoms with van der Waals surface area (Å²) < 4.78 is 53.6. The zero-order chi connectivity index (χ0) is 45.6. The van der Waals surface area contributed by atoms with Gasteiger partial charge in [-0.3, -0.25) is 23.2 Å². The smallest absolute Gasteiger partial charge is 0.462 e. The monoisotopic (exact) mass is 916 g/mol. The van der Waals surface area contributed by atoms with E-state index in [9.17, 15) is 28.7 Å². The molecule has 0 radical (unpaired) electrons. The van der Waals surface area contributed by atoms with Gasteiger partial charge in [-0.15, -0.1) is 0 Å². The Bertz CT molecular complexity index is 1440. The van der Waals surface area contributed by atoms with Crippen LogP contribution in [0.5, 0.6) is 0 Å². The molecule has 0 spiro atoms. The second-order valence-electron chi connectivity index (χ2n) is 15.3. The number of carbonyl (C=O) groups is 2. The largest absolute Gasteiger partial charge is 0.472 e. The summed E-state index contributed by atoms with van der Waals surface area (Å²) in [5.74, 6) is -1.10. The number of phosphoric ester groups is 2. The fourth-order valence-corrected chi connectivity index (χ4v) is 7.12. The van der Waals surface area contributed by atoms with E-state index in [4.69, 9.17) is 28.5 Å². The molecule has 1 aliphatic heterocycles. The average molecular weight is 917 g/mol. The van der Waals surface area contributed by atoms with Crippen molar-refractivity contribution in [2.24, 2.45) is 0 Å². The third-order valence-corrected chi connectivity index (χ3v) is 10.9. The van der Waals surface area contributed by atoms with E-state index < -0.39 is 66.2 Å². The Morgan fingerprint density at radius 2 is 1.10 bits per heavy atom. The highest BCUT2D eigenvalue weighted by Gasteiger charge is 2.36. The number of unbranched alkanes of at least 4 members (excludes halogenated alkanes) is 10. The highest BCUT2D eigenvalue weighted by Crippen LogP contribution is 2.44. The van der Waals surface area contributed by atoms with Gasteiger partial charge in [0.05, 0.1) is 32.0 Å². The molecule has 0 aromatic carbocycles. The first-order valence-electron chi connectivity index (χ1n) is 22.8. The van der Waals surface area contributed by atoms with E-state index >= 15 is 0 Å². The summed E-state index contributed by atoms with van der Waals surface area (Å²) in [6.07, 6.45) is 43.4. The number of carbonyl (C=O) groups excluding carboxylic acids is 2. The van der Waals surface area contributed by atoms with E-state index in [-0.39, 0.29) is 12.8 Å². The zero-order valence-electron chi connectivity index (χ0n) is 37.4. The minimum Gasteiger partial charge on any atom is -0.462 e. The Balaban J connectivity index is 2.39. The van der Waals surface area contributed by atoms with Crippen molar-refractivity contribution in [3.8, 4) is 0 Å². The van der Waals surface area contributed by atoms with E-state index in [2.05, 4.69) is 95.8 Å². The molecule has 4 N–H and O–H groups in total. The first-order chi connectivity index (χ1) is 29.8. The Morgan fingerprint density at radius 3 is 1.73 bits per heavy atom. The van der Waals surface area contributed by atoms with Gasteiger partial charge in [-0.25, -0.2) is 9.13 Å². The van der Waals surface area contributed by atoms with Crippen molar-refractivity contribution in [2.45, 2.75) is 180 Å². The lowest BCUT2D eigenvalue weighted by molar-refractivity contribution is -0.161. The number of hydrogen-bond donors (Lipinski definition) is 4. The maximum atomic E-state index is 12.7. The number of rotatable bonds is 41. The molecule has 0 amide bonds. The quantitative estimate of drug-likeness (QED) is 0.0148. The number of aliphatic hydroxyl groups is 1. The lowest BCUT2D eigenvalue weighted by Gasteiger charge is -2.20. The van der Waals surface area contributed by atoms with Crippen LogP contribution in [0.2, 0.25) is 0 Å². The van der Waals surface area contributed by atoms with Crippen LogP contribution < -0.4 is 0 Å². The number of esters is 2. The zero-order valence-corrected chi connectivity index (χ0v) is 39.2. The predicted molar refractivity (Wildman–Crippen MR) is 243 cm³/mol. The van der Waals surface area contributed by atoms with Crippen LogP contribution in [0.15, 0.2) is 72.9 Å². The molecule has 0 saturated carbocycles. The molecule has 62 heavy (non-hydrogen) atoms. The number of ether oxygens (including phenoxy) is 3. The van der Waals surface area contributed by atoms with E-state index in [1.165, 1.54) is 19.3 Å². The molecule has 1 aliphatic rings. The van der Waals surface area contributed by atoms with Crippen LogP contribution >= 0.6 is 15.6 Å². The molecule has 0 bridgehead atoms. The Kier molecular flexibility index (Phi) is 35.1. The number of hydrogen-bond acceptors (Lipinski definition) is 11. The van der Waals surface area contributed by atoms with Gasteiger partial charge >= 0.3 is 27.6 Å². The standard InChI is InChI=1S/C46H78O14P2/c1-3-5-7-9-11-12-13-14-15-16-17-18-19-20-21-22-23-27-32-36-46(49)59-42(40-58-62(53,54)57-38-41(47)37-56-61(50,51)52)39-55-45(48)35-31-28-24-26-30-34-44-43(60-44)33-29-25-10-8-6-4-2/h5,7,11-12,14-15,17-18,20-21,25,29,41-44,47H,3-4,6,8-10,13,16,19,22-24,26-28,30-40H2,1-2H3,(H,53,54)(H2,50,51,52)/b7-5-,12-11-,15-14-,18-17-,21-20-,29-25-/t41-,42+,43?,44?/m0/s1. The summed E-state index contributed by atoms with van der Waals surface area (Å²) in [7, 11) is -9.70. The van der Waals surface area contributed by atoms with Crippen molar-refractivity contribution in [2.75, 3.05) is 26.4 Å². The van der Waals surface area contributed by atoms with Crippen molar-refractivity contribution < 1.29 is 66.3 Å². The topological polar surface area (TPSA) is 208 Å². The van der Waals surface area contributed by atoms with Gasteiger partial charge in [-0.05, 0) is 83.5 Å². The van der Waals surface area contributed by atoms with Crippen LogP contribution in [0.4, 0.5) is 0 Å². The molecule has 16 heteroatoms. The molecule has 0 aromatic heterocycles. The van der Waals surface area contributed by atoms with Crippen LogP contribution in [-0.4, -0.2) is 82.6 Å². The normalized spacial score (nSPS) is 17.9. The summed E-state index contributed by atoms with van der Waals surface area (Å²) in [5.41, 5.74) is 0. The maximum Gasteiger partial charge on any atom is 0.472 e. The van der Waals surface area contributed by atoms with E-state index in [1.54, 1.807) is 0 Å². The second-order valence-corrected chi connectivity index (χ2v) is 18.0. The first kappa shape index (κ1) is 57.5. The molecule has 14 nitrogen and oxygen atoms in total. The summed E-state index contributed by atoms with van der Waals surface area (Å²) in [6.45, 7) is 1.55. The van der Waals surface area contributed by atoms with Crippen molar-refractivity contribution in [1.82, 2.24) is 0 Å². The number of phosphoric acid groups is 2. The molecular weight excluding hydrogens is 838 g/mol. The lowest BCUT2D eigenvalue weighted by atomic mass is 10.1. The number of allylic oxidation sites excluding steroid dienone is 11. The average Bonchev–Trinajstić information content (AvgIpc) is 3.99. The van der Waals surface area contributed by atoms with Gasteiger partial charge in [-0.1, -0.05) is 132 Å². The molecule has 0 aromatic rings. The van der Waals surface area contributed by atoms with Gasteiger partial charge in [0.25, 0.3) is 0 Å². The SMILES string of the molecule is CC/C=C\C/C=C\C/C=C\C/C=C\C/C=C\CCCCCC(=O)O[C@H](COC(=O)CCCCCCCC1OC1C/C=C\CCCCC)COP(=O)(O)OC[C@@H](O)COP(=O)(O)O. The third-order valence-electron chi connectivity index (χ3n) is 9.49. The van der Waals surface area contributed by atoms with Crippen molar-refractivity contribution in [3.63, 3.8) is 0 Å².